The molecule has 4 N–H and O–H groups in total. The van der Waals surface area contributed by atoms with Crippen LogP contribution in [0.4, 0.5) is 25.8 Å². The Morgan fingerprint density at radius 1 is 1.10 bits per heavy atom. The van der Waals surface area contributed by atoms with Gasteiger partial charge in [0, 0.05) is 30.5 Å². The molecule has 0 saturated carbocycles. The van der Waals surface area contributed by atoms with Crippen molar-refractivity contribution >= 4 is 39.8 Å². The van der Waals surface area contributed by atoms with Crippen LogP contribution in [0.5, 0.6) is 0 Å². The first-order valence-corrected chi connectivity index (χ1v) is 13.6. The zero-order valence-corrected chi connectivity index (χ0v) is 22.4. The predicted octanol–water partition coefficient (Wildman–Crippen LogP) is 4.31. The van der Waals surface area contributed by atoms with Crippen molar-refractivity contribution in [3.8, 4) is 11.1 Å². The van der Waals surface area contributed by atoms with E-state index in [1.54, 1.807) is 43.3 Å². The Morgan fingerprint density at radius 2 is 1.88 bits per heavy atom. The van der Waals surface area contributed by atoms with E-state index in [1.807, 2.05) is 18.2 Å². The van der Waals surface area contributed by atoms with Crippen LogP contribution in [0.1, 0.15) is 25.1 Å². The predicted molar refractivity (Wildman–Crippen MR) is 153 cm³/mol. The lowest BCUT2D eigenvalue weighted by Gasteiger charge is -2.24. The smallest absolute Gasteiger partial charge is 0.247 e. The van der Waals surface area contributed by atoms with Gasteiger partial charge >= 0.3 is 0 Å². The molecule has 9 nitrogen and oxygen atoms in total. The van der Waals surface area contributed by atoms with Crippen molar-refractivity contribution in [3.05, 3.63) is 72.2 Å². The van der Waals surface area contributed by atoms with Crippen LogP contribution in [0.15, 0.2) is 60.7 Å². The van der Waals surface area contributed by atoms with Gasteiger partial charge in [0.2, 0.25) is 11.8 Å². The summed E-state index contributed by atoms with van der Waals surface area (Å²) in [7, 11) is 0. The minimum absolute atomic E-state index is 0.0503. The number of para-hydroxylation sites is 1. The molecule has 1 aromatic heterocycles. The Hall–Kier alpha value is -4.51. The number of aromatic nitrogens is 2. The van der Waals surface area contributed by atoms with Gasteiger partial charge in [0.1, 0.15) is 18.8 Å². The van der Waals surface area contributed by atoms with E-state index in [2.05, 4.69) is 21.0 Å². The zero-order valence-electron chi connectivity index (χ0n) is 22.4. The fourth-order valence-electron chi connectivity index (χ4n) is 5.58. The molecule has 3 heterocycles. The van der Waals surface area contributed by atoms with Crippen molar-refractivity contribution in [3.63, 3.8) is 0 Å². The first-order chi connectivity index (χ1) is 19.8. The molecule has 11 heteroatoms. The molecule has 1 saturated heterocycles. The topological polar surface area (TPSA) is 112 Å². The third-order valence-corrected chi connectivity index (χ3v) is 7.58. The van der Waals surface area contributed by atoms with Crippen LogP contribution in [0.2, 0.25) is 0 Å². The van der Waals surface area contributed by atoms with Gasteiger partial charge in [0.25, 0.3) is 0 Å². The van der Waals surface area contributed by atoms with Gasteiger partial charge in [-0.05, 0) is 36.8 Å². The summed E-state index contributed by atoms with van der Waals surface area (Å²) in [5, 5.41) is 24.4. The summed E-state index contributed by atoms with van der Waals surface area (Å²) >= 11 is 0. The van der Waals surface area contributed by atoms with Crippen molar-refractivity contribution in [2.45, 2.75) is 38.2 Å². The molecule has 1 unspecified atom stereocenters. The number of hydrogen-bond donors (Lipinski definition) is 4. The third kappa shape index (κ3) is 5.08. The molecule has 41 heavy (non-hydrogen) atoms. The molecule has 2 amide bonds. The summed E-state index contributed by atoms with van der Waals surface area (Å²) in [6.45, 7) is 2.64. The van der Waals surface area contributed by atoms with Gasteiger partial charge in [-0.3, -0.25) is 14.3 Å². The molecule has 0 aliphatic carbocycles. The highest BCUT2D eigenvalue weighted by atomic mass is 19.1. The Labute approximate surface area is 235 Å². The van der Waals surface area contributed by atoms with Crippen LogP contribution in [0.3, 0.4) is 0 Å². The number of rotatable bonds is 6. The van der Waals surface area contributed by atoms with E-state index in [-0.39, 0.29) is 25.2 Å². The molecule has 2 aliphatic heterocycles. The number of carbonyl (C=O) groups excluding carboxylic acids is 2. The summed E-state index contributed by atoms with van der Waals surface area (Å²) in [5.41, 5.74) is 3.75. The molecule has 3 aromatic carbocycles. The van der Waals surface area contributed by atoms with Gasteiger partial charge in [-0.15, -0.1) is 0 Å². The highest BCUT2D eigenvalue weighted by Gasteiger charge is 2.40. The Morgan fingerprint density at radius 3 is 2.68 bits per heavy atom. The van der Waals surface area contributed by atoms with Crippen molar-refractivity contribution in [2.24, 2.45) is 0 Å². The van der Waals surface area contributed by atoms with Crippen molar-refractivity contribution in [2.75, 3.05) is 35.6 Å². The monoisotopic (exact) mass is 560 g/mol. The van der Waals surface area contributed by atoms with E-state index in [1.165, 1.54) is 15.6 Å². The third-order valence-electron chi connectivity index (χ3n) is 7.58. The minimum Gasteiger partial charge on any atom is -0.387 e. The van der Waals surface area contributed by atoms with Crippen molar-refractivity contribution < 1.29 is 23.5 Å². The number of likely N-dealkylation sites (tertiary alicyclic amines) is 1. The molecule has 4 aromatic rings. The van der Waals surface area contributed by atoms with E-state index in [9.17, 15) is 19.1 Å². The second kappa shape index (κ2) is 10.8. The van der Waals surface area contributed by atoms with E-state index in [0.29, 0.717) is 27.7 Å². The molecule has 1 fully saturated rings. The summed E-state index contributed by atoms with van der Waals surface area (Å²) < 4.78 is 31.7. The van der Waals surface area contributed by atoms with Crippen LogP contribution < -0.4 is 16.0 Å². The molecular formula is C30H30F2N6O3. The maximum absolute atomic E-state index is 15.6. The van der Waals surface area contributed by atoms with Gasteiger partial charge in [-0.25, -0.2) is 8.78 Å². The highest BCUT2D eigenvalue weighted by molar-refractivity contribution is 5.98. The Kier molecular flexibility index (Phi) is 7.04. The lowest BCUT2D eigenvalue weighted by atomic mass is 10.0. The molecule has 2 aliphatic rings. The molecule has 6 rings (SSSR count). The SMILES string of the molecule is CC(O)c1nn(CC(=O)N2C[C@H](F)C[C@H]2C(=O)Nc2cccc(-c3ccc4c(c3)NCCN4)c2F)c2ccccc12. The summed E-state index contributed by atoms with van der Waals surface area (Å²) in [4.78, 5) is 27.8. The van der Waals surface area contributed by atoms with Crippen LogP contribution in [0, 0.1) is 5.82 Å². The molecule has 0 spiro atoms. The van der Waals surface area contributed by atoms with E-state index in [4.69, 9.17) is 0 Å². The highest BCUT2D eigenvalue weighted by Crippen LogP contribution is 2.34. The fourth-order valence-corrected chi connectivity index (χ4v) is 5.58. The molecule has 212 valence electrons. The number of aliphatic hydroxyl groups excluding tert-OH is 1. The lowest BCUT2D eigenvalue weighted by molar-refractivity contribution is -0.137. The summed E-state index contributed by atoms with van der Waals surface area (Å²) in [5.74, 6) is -1.79. The second-order valence-corrected chi connectivity index (χ2v) is 10.4. The quantitative estimate of drug-likeness (QED) is 0.280. The summed E-state index contributed by atoms with van der Waals surface area (Å²) in [6, 6.07) is 16.3. The Bertz CT molecular complexity index is 1640. The molecule has 0 radical (unpaired) electrons. The van der Waals surface area contributed by atoms with Crippen molar-refractivity contribution in [1.29, 1.82) is 0 Å². The summed E-state index contributed by atoms with van der Waals surface area (Å²) in [6.07, 6.45) is -2.44. The number of aliphatic hydroxyl groups is 1. The van der Waals surface area contributed by atoms with Crippen LogP contribution >= 0.6 is 0 Å². The van der Waals surface area contributed by atoms with Gasteiger partial charge < -0.3 is 26.0 Å². The zero-order chi connectivity index (χ0) is 28.7. The van der Waals surface area contributed by atoms with Crippen LogP contribution in [0.25, 0.3) is 22.0 Å². The van der Waals surface area contributed by atoms with Crippen LogP contribution in [-0.2, 0) is 16.1 Å². The number of nitrogens with one attached hydrogen (secondary N) is 3. The second-order valence-electron chi connectivity index (χ2n) is 10.4. The van der Waals surface area contributed by atoms with E-state index in [0.717, 1.165) is 24.5 Å². The molecule has 3 atom stereocenters. The molecular weight excluding hydrogens is 530 g/mol. The number of halogens is 2. The average molecular weight is 561 g/mol. The lowest BCUT2D eigenvalue weighted by Crippen LogP contribution is -2.44. The number of nitrogens with zero attached hydrogens (tertiary/aromatic N) is 3. The number of benzene rings is 3. The largest absolute Gasteiger partial charge is 0.387 e. The number of anilines is 3. The minimum atomic E-state index is -1.40. The normalized spacial score (nSPS) is 18.9. The maximum atomic E-state index is 15.6. The first kappa shape index (κ1) is 26.7. The van der Waals surface area contributed by atoms with Gasteiger partial charge in [0.15, 0.2) is 5.82 Å². The number of carbonyl (C=O) groups is 2. The van der Waals surface area contributed by atoms with Crippen molar-refractivity contribution in [1.82, 2.24) is 14.7 Å². The number of amides is 2. The first-order valence-electron chi connectivity index (χ1n) is 13.6. The fraction of sp³-hybridized carbons (Fsp3) is 0.300. The van der Waals surface area contributed by atoms with Gasteiger partial charge in [-0.1, -0.05) is 36.4 Å². The number of hydrogen-bond acceptors (Lipinski definition) is 6. The average Bonchev–Trinajstić information content (AvgIpc) is 3.55. The van der Waals surface area contributed by atoms with Crippen LogP contribution in [-0.4, -0.2) is 63.4 Å². The Balaban J connectivity index is 1.21. The van der Waals surface area contributed by atoms with Gasteiger partial charge in [0.05, 0.1) is 40.9 Å². The molecule has 0 bridgehead atoms. The van der Waals surface area contributed by atoms with E-state index >= 15 is 4.39 Å². The van der Waals surface area contributed by atoms with E-state index < -0.39 is 35.9 Å². The number of alkyl halides is 1. The standard InChI is InChI=1S/C30H30F2N6O3/c1-17(39)29-21-5-2-3-8-25(21)38(36-29)16-27(40)37-15-19(31)14-26(37)30(41)35-23-7-4-6-20(28(23)32)18-9-10-22-24(13-18)34-12-11-33-22/h2-10,13,17,19,26,33-34,39H,11-12,14-16H2,1H3,(H,35,41)/t17?,19-,26+/m1/s1. The number of fused-ring (bicyclic) bond motifs is 2. The maximum Gasteiger partial charge on any atom is 0.247 e. The van der Waals surface area contributed by atoms with Gasteiger partial charge in [-0.2, -0.15) is 5.10 Å².